The quantitative estimate of drug-likeness (QED) is 0.879. The molecule has 6 heteroatoms. The van der Waals surface area contributed by atoms with Gasteiger partial charge < -0.3 is 5.11 Å². The lowest BCUT2D eigenvalue weighted by molar-refractivity contribution is -0.202. The van der Waals surface area contributed by atoms with E-state index in [1.807, 2.05) is 0 Å². The van der Waals surface area contributed by atoms with Gasteiger partial charge in [0.05, 0.1) is 0 Å². The van der Waals surface area contributed by atoms with Crippen molar-refractivity contribution in [1.82, 2.24) is 0 Å². The first-order valence-electron chi connectivity index (χ1n) is 3.38. The fourth-order valence-corrected chi connectivity index (χ4v) is 2.31. The SMILES string of the molecule is O[C@H](Cc1sccc1Br)C(F)(F)F. The molecule has 74 valence electrons. The standard InChI is InChI=1S/C7H6BrF3OS/c8-4-1-2-13-5(4)3-6(12)7(9,10)11/h1-2,6,12H,3H2/t6-/m1/s1. The van der Waals surface area contributed by atoms with Gasteiger partial charge in [-0.1, -0.05) is 0 Å². The number of rotatable bonds is 2. The Balaban J connectivity index is 2.65. The fourth-order valence-electron chi connectivity index (χ4n) is 0.762. The summed E-state index contributed by atoms with van der Waals surface area (Å²) in [4.78, 5) is 0.504. The Labute approximate surface area is 85.3 Å². The third kappa shape index (κ3) is 2.96. The zero-order chi connectivity index (χ0) is 10.1. The number of halogens is 4. The largest absolute Gasteiger partial charge is 0.414 e. The molecular formula is C7H6BrF3OS. The van der Waals surface area contributed by atoms with Gasteiger partial charge in [0, 0.05) is 15.8 Å². The Hall–Kier alpha value is -0.0700. The average molecular weight is 275 g/mol. The summed E-state index contributed by atoms with van der Waals surface area (Å²) in [6.45, 7) is 0. The molecule has 1 rings (SSSR count). The lowest BCUT2D eigenvalue weighted by Crippen LogP contribution is -2.30. The summed E-state index contributed by atoms with van der Waals surface area (Å²) in [5.41, 5.74) is 0. The normalized spacial score (nSPS) is 14.5. The highest BCUT2D eigenvalue weighted by Crippen LogP contribution is 2.29. The Morgan fingerprint density at radius 2 is 2.15 bits per heavy atom. The smallest absolute Gasteiger partial charge is 0.383 e. The van der Waals surface area contributed by atoms with Crippen LogP contribution in [0.1, 0.15) is 4.88 Å². The van der Waals surface area contributed by atoms with Crippen LogP contribution in [0, 0.1) is 0 Å². The van der Waals surface area contributed by atoms with Crippen molar-refractivity contribution in [3.63, 3.8) is 0 Å². The summed E-state index contributed by atoms with van der Waals surface area (Å²) >= 11 is 4.28. The van der Waals surface area contributed by atoms with E-state index in [2.05, 4.69) is 15.9 Å². The molecule has 1 heterocycles. The monoisotopic (exact) mass is 274 g/mol. The van der Waals surface area contributed by atoms with E-state index >= 15 is 0 Å². The zero-order valence-corrected chi connectivity index (χ0v) is 8.71. The highest BCUT2D eigenvalue weighted by molar-refractivity contribution is 9.10. The van der Waals surface area contributed by atoms with E-state index in [1.54, 1.807) is 11.4 Å². The minimum Gasteiger partial charge on any atom is -0.383 e. The molecule has 0 fully saturated rings. The highest BCUT2D eigenvalue weighted by Gasteiger charge is 2.38. The van der Waals surface area contributed by atoms with Gasteiger partial charge in [-0.25, -0.2) is 0 Å². The van der Waals surface area contributed by atoms with Crippen molar-refractivity contribution < 1.29 is 18.3 Å². The maximum Gasteiger partial charge on any atom is 0.414 e. The van der Waals surface area contributed by atoms with Crippen LogP contribution >= 0.6 is 27.3 Å². The molecule has 0 aromatic carbocycles. The van der Waals surface area contributed by atoms with Gasteiger partial charge in [0.25, 0.3) is 0 Å². The van der Waals surface area contributed by atoms with Gasteiger partial charge in [0.1, 0.15) is 0 Å². The first-order chi connectivity index (χ1) is 5.91. The second-order valence-electron chi connectivity index (χ2n) is 2.45. The number of aliphatic hydroxyl groups is 1. The minimum absolute atomic E-state index is 0.387. The summed E-state index contributed by atoms with van der Waals surface area (Å²) in [6, 6.07) is 1.66. The van der Waals surface area contributed by atoms with Crippen molar-refractivity contribution in [3.05, 3.63) is 20.8 Å². The molecule has 0 bridgehead atoms. The van der Waals surface area contributed by atoms with Gasteiger partial charge in [0.2, 0.25) is 0 Å². The van der Waals surface area contributed by atoms with Gasteiger partial charge >= 0.3 is 6.18 Å². The topological polar surface area (TPSA) is 20.2 Å². The van der Waals surface area contributed by atoms with Gasteiger partial charge in [-0.2, -0.15) is 13.2 Å². The molecule has 0 saturated heterocycles. The molecule has 1 N–H and O–H groups in total. The molecule has 0 aliphatic carbocycles. The first kappa shape index (κ1) is 11.0. The Bertz CT molecular complexity index is 284. The van der Waals surface area contributed by atoms with E-state index in [0.717, 1.165) is 0 Å². The second kappa shape index (κ2) is 3.98. The molecule has 0 aliphatic heterocycles. The van der Waals surface area contributed by atoms with E-state index in [-0.39, 0.29) is 6.42 Å². The molecule has 1 nitrogen and oxygen atoms in total. The Morgan fingerprint density at radius 1 is 1.54 bits per heavy atom. The molecule has 0 unspecified atom stereocenters. The van der Waals surface area contributed by atoms with Crippen LogP contribution in [0.2, 0.25) is 0 Å². The Kier molecular flexibility index (Phi) is 3.37. The summed E-state index contributed by atoms with van der Waals surface area (Å²) in [5, 5.41) is 10.4. The average Bonchev–Trinajstić information content (AvgIpc) is 2.34. The molecule has 13 heavy (non-hydrogen) atoms. The van der Waals surface area contributed by atoms with Crippen molar-refractivity contribution in [2.75, 3.05) is 0 Å². The van der Waals surface area contributed by atoms with E-state index in [0.29, 0.717) is 9.35 Å². The predicted octanol–water partition coefficient (Wildman–Crippen LogP) is 2.98. The summed E-state index contributed by atoms with van der Waals surface area (Å²) in [6.07, 6.45) is -7.20. The third-order valence-corrected chi connectivity index (χ3v) is 3.40. The molecule has 0 radical (unpaired) electrons. The van der Waals surface area contributed by atoms with Gasteiger partial charge in [-0.15, -0.1) is 11.3 Å². The van der Waals surface area contributed by atoms with Crippen LogP contribution < -0.4 is 0 Å². The van der Waals surface area contributed by atoms with Crippen molar-refractivity contribution >= 4 is 27.3 Å². The summed E-state index contributed by atoms with van der Waals surface area (Å²) in [7, 11) is 0. The molecule has 1 aromatic rings. The summed E-state index contributed by atoms with van der Waals surface area (Å²) < 4.78 is 36.3. The molecule has 1 atom stereocenters. The number of aliphatic hydroxyl groups excluding tert-OH is 1. The maximum atomic E-state index is 11.9. The van der Waals surface area contributed by atoms with E-state index in [4.69, 9.17) is 5.11 Å². The maximum absolute atomic E-state index is 11.9. The fraction of sp³-hybridized carbons (Fsp3) is 0.429. The molecule has 0 amide bonds. The summed E-state index contributed by atoms with van der Waals surface area (Å²) in [5.74, 6) is 0. The number of alkyl halides is 3. The van der Waals surface area contributed by atoms with Crippen LogP contribution in [-0.2, 0) is 6.42 Å². The third-order valence-electron chi connectivity index (χ3n) is 1.45. The minimum atomic E-state index is -4.54. The van der Waals surface area contributed by atoms with E-state index in [1.165, 1.54) is 11.3 Å². The van der Waals surface area contributed by atoms with E-state index in [9.17, 15) is 13.2 Å². The number of hydrogen-bond acceptors (Lipinski definition) is 2. The first-order valence-corrected chi connectivity index (χ1v) is 5.05. The molecule has 0 aliphatic rings. The Morgan fingerprint density at radius 3 is 2.54 bits per heavy atom. The van der Waals surface area contributed by atoms with Crippen molar-refractivity contribution in [2.24, 2.45) is 0 Å². The molecule has 0 saturated carbocycles. The van der Waals surface area contributed by atoms with Crippen LogP contribution in [0.25, 0.3) is 0 Å². The number of hydrogen-bond donors (Lipinski definition) is 1. The van der Waals surface area contributed by atoms with Crippen molar-refractivity contribution in [2.45, 2.75) is 18.7 Å². The zero-order valence-electron chi connectivity index (χ0n) is 6.31. The van der Waals surface area contributed by atoms with Gasteiger partial charge in [0.15, 0.2) is 6.10 Å². The molecular weight excluding hydrogens is 269 g/mol. The van der Waals surface area contributed by atoms with Crippen molar-refractivity contribution in [3.8, 4) is 0 Å². The lowest BCUT2D eigenvalue weighted by Gasteiger charge is -2.13. The van der Waals surface area contributed by atoms with Crippen LogP contribution in [0.15, 0.2) is 15.9 Å². The lowest BCUT2D eigenvalue weighted by atomic mass is 10.2. The predicted molar refractivity (Wildman–Crippen MR) is 47.8 cm³/mol. The van der Waals surface area contributed by atoms with Crippen LogP contribution in [-0.4, -0.2) is 17.4 Å². The van der Waals surface area contributed by atoms with Crippen LogP contribution in [0.3, 0.4) is 0 Å². The van der Waals surface area contributed by atoms with Crippen molar-refractivity contribution in [1.29, 1.82) is 0 Å². The van der Waals surface area contributed by atoms with Crippen LogP contribution in [0.4, 0.5) is 13.2 Å². The van der Waals surface area contributed by atoms with Gasteiger partial charge in [-0.3, -0.25) is 0 Å². The molecule has 0 spiro atoms. The molecule has 1 aromatic heterocycles. The van der Waals surface area contributed by atoms with Crippen LogP contribution in [0.5, 0.6) is 0 Å². The highest BCUT2D eigenvalue weighted by atomic mass is 79.9. The van der Waals surface area contributed by atoms with E-state index < -0.39 is 12.3 Å². The number of thiophene rings is 1. The second-order valence-corrected chi connectivity index (χ2v) is 4.31. The van der Waals surface area contributed by atoms with Gasteiger partial charge in [-0.05, 0) is 27.4 Å².